The van der Waals surface area contributed by atoms with Gasteiger partial charge in [0.15, 0.2) is 9.84 Å². The van der Waals surface area contributed by atoms with Crippen LogP contribution >= 0.6 is 12.4 Å². The van der Waals surface area contributed by atoms with Crippen LogP contribution in [0.1, 0.15) is 30.4 Å². The Balaban J connectivity index is 0.00000242. The molecule has 1 amide bonds. The molecular weight excluding hydrogens is 324 g/mol. The fourth-order valence-electron chi connectivity index (χ4n) is 2.55. The molecule has 0 radical (unpaired) electrons. The molecule has 1 unspecified atom stereocenters. The monoisotopic (exact) mass is 346 g/mol. The highest BCUT2D eigenvalue weighted by molar-refractivity contribution is 7.89. The largest absolute Gasteiger partial charge is 0.324 e. The van der Waals surface area contributed by atoms with Crippen LogP contribution in [0.25, 0.3) is 0 Å². The summed E-state index contributed by atoms with van der Waals surface area (Å²) in [6, 6.07) is 5.21. The third-order valence-electron chi connectivity index (χ3n) is 3.75. The summed E-state index contributed by atoms with van der Waals surface area (Å²) in [6.45, 7) is 2.70. The van der Waals surface area contributed by atoms with Crippen molar-refractivity contribution >= 4 is 33.8 Å². The van der Waals surface area contributed by atoms with Crippen LogP contribution in [0.2, 0.25) is 0 Å². The number of piperidine rings is 1. The molecular formula is C15H23ClN2O3S. The molecule has 1 saturated heterocycles. The molecule has 0 aliphatic carbocycles. The van der Waals surface area contributed by atoms with E-state index in [1.165, 1.54) is 6.26 Å². The van der Waals surface area contributed by atoms with Crippen LogP contribution in [0.5, 0.6) is 0 Å². The van der Waals surface area contributed by atoms with Gasteiger partial charge < -0.3 is 10.6 Å². The number of halogens is 1. The predicted molar refractivity (Wildman–Crippen MR) is 91.2 cm³/mol. The van der Waals surface area contributed by atoms with Crippen molar-refractivity contribution in [1.29, 1.82) is 0 Å². The zero-order valence-corrected chi connectivity index (χ0v) is 14.5. The highest BCUT2D eigenvalue weighted by atomic mass is 35.5. The summed E-state index contributed by atoms with van der Waals surface area (Å²) in [5.74, 6) is -0.0566. The molecule has 1 aliphatic heterocycles. The van der Waals surface area contributed by atoms with Crippen molar-refractivity contribution in [3.05, 3.63) is 29.3 Å². The van der Waals surface area contributed by atoms with E-state index in [0.717, 1.165) is 36.9 Å². The van der Waals surface area contributed by atoms with Crippen LogP contribution in [0.15, 0.2) is 18.2 Å². The van der Waals surface area contributed by atoms with Crippen molar-refractivity contribution in [2.45, 2.75) is 38.0 Å². The summed E-state index contributed by atoms with van der Waals surface area (Å²) in [6.07, 6.45) is 4.21. The maximum Gasteiger partial charge on any atom is 0.241 e. The normalized spacial score (nSPS) is 18.4. The zero-order valence-electron chi connectivity index (χ0n) is 12.9. The molecule has 0 bridgehead atoms. The number of benzene rings is 1. The SMILES string of the molecule is Cc1c(CS(C)(=O)=O)cccc1NC(=O)C1CCCCN1.Cl. The Labute approximate surface area is 138 Å². The maximum atomic E-state index is 12.2. The predicted octanol–water partition coefficient (Wildman–Crippen LogP) is 2.04. The van der Waals surface area contributed by atoms with Crippen molar-refractivity contribution in [1.82, 2.24) is 5.32 Å². The van der Waals surface area contributed by atoms with Crippen molar-refractivity contribution in [2.75, 3.05) is 18.1 Å². The quantitative estimate of drug-likeness (QED) is 0.874. The molecule has 22 heavy (non-hydrogen) atoms. The molecule has 124 valence electrons. The van der Waals surface area contributed by atoms with Crippen LogP contribution in [0.3, 0.4) is 0 Å². The molecule has 1 aliphatic rings. The third-order valence-corrected chi connectivity index (χ3v) is 4.58. The number of sulfone groups is 1. The lowest BCUT2D eigenvalue weighted by atomic mass is 10.0. The van der Waals surface area contributed by atoms with E-state index < -0.39 is 9.84 Å². The Morgan fingerprint density at radius 2 is 2.09 bits per heavy atom. The first-order chi connectivity index (χ1) is 9.87. The zero-order chi connectivity index (χ0) is 15.5. The average Bonchev–Trinajstić information content (AvgIpc) is 2.43. The fourth-order valence-corrected chi connectivity index (χ4v) is 3.43. The van der Waals surface area contributed by atoms with E-state index >= 15 is 0 Å². The topological polar surface area (TPSA) is 75.3 Å². The van der Waals surface area contributed by atoms with Gasteiger partial charge >= 0.3 is 0 Å². The summed E-state index contributed by atoms with van der Waals surface area (Å²) in [5, 5.41) is 6.11. The Hall–Kier alpha value is -1.11. The Morgan fingerprint density at radius 3 is 2.68 bits per heavy atom. The average molecular weight is 347 g/mol. The van der Waals surface area contributed by atoms with Crippen LogP contribution in [-0.2, 0) is 20.4 Å². The summed E-state index contributed by atoms with van der Waals surface area (Å²) >= 11 is 0. The van der Waals surface area contributed by atoms with Gasteiger partial charge in [0.1, 0.15) is 0 Å². The molecule has 7 heteroatoms. The van der Waals surface area contributed by atoms with E-state index in [2.05, 4.69) is 10.6 Å². The maximum absolute atomic E-state index is 12.2. The minimum atomic E-state index is -3.09. The van der Waals surface area contributed by atoms with Crippen LogP contribution in [0, 0.1) is 6.92 Å². The van der Waals surface area contributed by atoms with Gasteiger partial charge in [0.25, 0.3) is 0 Å². The molecule has 1 fully saturated rings. The molecule has 0 saturated carbocycles. The molecule has 2 rings (SSSR count). The number of anilines is 1. The van der Waals surface area contributed by atoms with Crippen molar-refractivity contribution in [2.24, 2.45) is 0 Å². The van der Waals surface area contributed by atoms with Gasteiger partial charge in [-0.1, -0.05) is 18.6 Å². The molecule has 0 aromatic heterocycles. The molecule has 1 aromatic carbocycles. The van der Waals surface area contributed by atoms with Crippen molar-refractivity contribution in [3.63, 3.8) is 0 Å². The van der Waals surface area contributed by atoms with Gasteiger partial charge in [0, 0.05) is 11.9 Å². The lowest BCUT2D eigenvalue weighted by molar-refractivity contribution is -0.118. The number of amides is 1. The number of rotatable bonds is 4. The van der Waals surface area contributed by atoms with E-state index in [-0.39, 0.29) is 30.1 Å². The second kappa shape index (κ2) is 7.94. The van der Waals surface area contributed by atoms with E-state index in [9.17, 15) is 13.2 Å². The summed E-state index contributed by atoms with van der Waals surface area (Å²) in [4.78, 5) is 12.2. The van der Waals surface area contributed by atoms with Gasteiger partial charge in [0.05, 0.1) is 11.8 Å². The summed E-state index contributed by atoms with van der Waals surface area (Å²) in [5.41, 5.74) is 2.23. The second-order valence-corrected chi connectivity index (χ2v) is 7.79. The van der Waals surface area contributed by atoms with E-state index in [1.54, 1.807) is 12.1 Å². The minimum Gasteiger partial charge on any atom is -0.324 e. The minimum absolute atomic E-state index is 0. The van der Waals surface area contributed by atoms with Gasteiger partial charge in [-0.3, -0.25) is 4.79 Å². The summed E-state index contributed by atoms with van der Waals surface area (Å²) in [7, 11) is -3.09. The lowest BCUT2D eigenvalue weighted by Crippen LogP contribution is -2.43. The number of carbonyl (C=O) groups excluding carboxylic acids is 1. The first-order valence-electron chi connectivity index (χ1n) is 7.17. The van der Waals surface area contributed by atoms with Crippen LogP contribution < -0.4 is 10.6 Å². The Kier molecular flexibility index (Phi) is 6.84. The third kappa shape index (κ3) is 5.26. The molecule has 5 nitrogen and oxygen atoms in total. The first kappa shape index (κ1) is 18.9. The van der Waals surface area contributed by atoms with Gasteiger partial charge in [-0.2, -0.15) is 0 Å². The second-order valence-electron chi connectivity index (χ2n) is 5.65. The Bertz CT molecular complexity index is 626. The molecule has 1 aromatic rings. The molecule has 1 atom stereocenters. The number of nitrogens with one attached hydrogen (secondary N) is 2. The fraction of sp³-hybridized carbons (Fsp3) is 0.533. The van der Waals surface area contributed by atoms with Crippen molar-refractivity contribution in [3.8, 4) is 0 Å². The number of carbonyl (C=O) groups is 1. The number of hydrogen-bond acceptors (Lipinski definition) is 4. The van der Waals surface area contributed by atoms with Gasteiger partial charge in [0.2, 0.25) is 5.91 Å². The molecule has 2 N–H and O–H groups in total. The van der Waals surface area contributed by atoms with Gasteiger partial charge in [-0.25, -0.2) is 8.42 Å². The number of hydrogen-bond donors (Lipinski definition) is 2. The standard InChI is InChI=1S/C15H22N2O3S.ClH/c1-11-12(10-21(2,19)20)6-5-8-13(11)17-15(18)14-7-3-4-9-16-14;/h5-6,8,14,16H,3-4,7,9-10H2,1-2H3,(H,17,18);1H. The van der Waals surface area contributed by atoms with Gasteiger partial charge in [-0.05, 0) is 43.5 Å². The van der Waals surface area contributed by atoms with Crippen LogP contribution in [0.4, 0.5) is 5.69 Å². The Morgan fingerprint density at radius 1 is 1.36 bits per heavy atom. The van der Waals surface area contributed by atoms with Crippen molar-refractivity contribution < 1.29 is 13.2 Å². The summed E-state index contributed by atoms with van der Waals surface area (Å²) < 4.78 is 22.9. The van der Waals surface area contributed by atoms with Gasteiger partial charge in [-0.15, -0.1) is 12.4 Å². The van der Waals surface area contributed by atoms with E-state index in [4.69, 9.17) is 0 Å². The molecule has 1 heterocycles. The first-order valence-corrected chi connectivity index (χ1v) is 9.23. The highest BCUT2D eigenvalue weighted by Crippen LogP contribution is 2.21. The van der Waals surface area contributed by atoms with E-state index in [1.807, 2.05) is 13.0 Å². The van der Waals surface area contributed by atoms with Crippen LogP contribution in [-0.4, -0.2) is 33.2 Å². The molecule has 0 spiro atoms. The highest BCUT2D eigenvalue weighted by Gasteiger charge is 2.21. The lowest BCUT2D eigenvalue weighted by Gasteiger charge is -2.23. The van der Waals surface area contributed by atoms with E-state index in [0.29, 0.717) is 5.69 Å². The smallest absolute Gasteiger partial charge is 0.241 e.